The molecule has 102 valence electrons. The highest BCUT2D eigenvalue weighted by atomic mass is 19.4. The largest absolute Gasteiger partial charge is 0.440 e. The average Bonchev–Trinajstić information content (AvgIpc) is 2.08. The van der Waals surface area contributed by atoms with Crippen molar-refractivity contribution in [3.05, 3.63) is 0 Å². The van der Waals surface area contributed by atoms with Crippen LogP contribution >= 0.6 is 0 Å². The van der Waals surface area contributed by atoms with Crippen LogP contribution in [0.1, 0.15) is 6.92 Å². The molecule has 0 aromatic rings. The number of rotatable bonds is 4. The van der Waals surface area contributed by atoms with Crippen LogP contribution in [-0.4, -0.2) is 49.5 Å². The third kappa shape index (κ3) is 2.64. The summed E-state index contributed by atoms with van der Waals surface area (Å²) in [6.45, 7) is -0.175. The average molecular weight is 267 g/mol. The highest BCUT2D eigenvalue weighted by Gasteiger charge is 2.76. The van der Waals surface area contributed by atoms with Crippen LogP contribution in [0.25, 0.3) is 0 Å². The summed E-state index contributed by atoms with van der Waals surface area (Å²) in [6, 6.07) is -2.12. The van der Waals surface area contributed by atoms with Gasteiger partial charge in [-0.1, -0.05) is 0 Å². The van der Waals surface area contributed by atoms with E-state index < -0.39 is 30.5 Å². The topological polar surface area (TPSA) is 29.5 Å². The Bertz CT molecular complexity index is 258. The van der Waals surface area contributed by atoms with Crippen molar-refractivity contribution < 1.29 is 35.9 Å². The minimum Gasteiger partial charge on any atom is -0.440 e. The summed E-state index contributed by atoms with van der Waals surface area (Å²) in [5.74, 6) is 0. The minimum atomic E-state index is -5.77. The van der Waals surface area contributed by atoms with Crippen molar-refractivity contribution in [2.24, 2.45) is 0 Å². The first-order chi connectivity index (χ1) is 7.41. The highest BCUT2D eigenvalue weighted by Crippen LogP contribution is 2.48. The number of carbonyl (C=O) groups excluding carboxylic acids is 1. The second-order valence-corrected chi connectivity index (χ2v) is 3.58. The normalized spacial score (nSPS) is 15.9. The first-order valence-electron chi connectivity index (χ1n) is 4.33. The molecular formula is C8H11F6NO2. The van der Waals surface area contributed by atoms with Crippen LogP contribution in [0.4, 0.5) is 26.3 Å². The molecule has 17 heavy (non-hydrogen) atoms. The maximum absolute atomic E-state index is 12.6. The SMILES string of the molecule is CC(N(C)C)C(OC=O)(C(F)(F)F)C(F)(F)F. The molecule has 0 aliphatic rings. The van der Waals surface area contributed by atoms with E-state index in [0.29, 0.717) is 11.8 Å². The van der Waals surface area contributed by atoms with Crippen LogP contribution in [-0.2, 0) is 9.53 Å². The number of nitrogens with zero attached hydrogens (tertiary/aromatic N) is 1. The molecule has 0 N–H and O–H groups in total. The van der Waals surface area contributed by atoms with Crippen LogP contribution in [0.15, 0.2) is 0 Å². The molecule has 0 fully saturated rings. The minimum absolute atomic E-state index is 0.671. The number of likely N-dealkylation sites (N-methyl/N-ethyl adjacent to an activating group) is 1. The molecule has 0 aliphatic heterocycles. The predicted octanol–water partition coefficient (Wildman–Crippen LogP) is 1.97. The molecule has 0 spiro atoms. The van der Waals surface area contributed by atoms with E-state index in [1.807, 2.05) is 0 Å². The van der Waals surface area contributed by atoms with Gasteiger partial charge >= 0.3 is 18.0 Å². The molecule has 0 aromatic carbocycles. The van der Waals surface area contributed by atoms with Gasteiger partial charge in [-0.15, -0.1) is 0 Å². The third-order valence-corrected chi connectivity index (χ3v) is 2.44. The molecule has 9 heteroatoms. The second-order valence-electron chi connectivity index (χ2n) is 3.58. The number of hydrogen-bond donors (Lipinski definition) is 0. The molecule has 0 rings (SSSR count). The number of ether oxygens (including phenoxy) is 1. The summed E-state index contributed by atoms with van der Waals surface area (Å²) < 4.78 is 79.2. The number of hydrogen-bond acceptors (Lipinski definition) is 3. The lowest BCUT2D eigenvalue weighted by Gasteiger charge is -2.41. The van der Waals surface area contributed by atoms with E-state index in [1.165, 1.54) is 0 Å². The van der Waals surface area contributed by atoms with Gasteiger partial charge in [-0.25, -0.2) is 0 Å². The van der Waals surface area contributed by atoms with Gasteiger partial charge in [-0.3, -0.25) is 4.79 Å². The summed E-state index contributed by atoms with van der Waals surface area (Å²) in [6.07, 6.45) is -11.5. The molecular weight excluding hydrogens is 256 g/mol. The smallest absolute Gasteiger partial charge is 0.439 e. The molecule has 0 heterocycles. The molecule has 0 aliphatic carbocycles. The fourth-order valence-electron chi connectivity index (χ4n) is 1.31. The maximum Gasteiger partial charge on any atom is 0.439 e. The van der Waals surface area contributed by atoms with E-state index >= 15 is 0 Å². The lowest BCUT2D eigenvalue weighted by Crippen LogP contribution is -2.68. The first-order valence-corrected chi connectivity index (χ1v) is 4.33. The lowest BCUT2D eigenvalue weighted by molar-refractivity contribution is -0.379. The summed E-state index contributed by atoms with van der Waals surface area (Å²) in [7, 11) is 2.04. The molecule has 1 atom stereocenters. The van der Waals surface area contributed by atoms with Crippen molar-refractivity contribution in [1.29, 1.82) is 0 Å². The van der Waals surface area contributed by atoms with Gasteiger partial charge < -0.3 is 9.64 Å². The van der Waals surface area contributed by atoms with E-state index in [-0.39, 0.29) is 0 Å². The Kier molecular flexibility index (Phi) is 4.44. The van der Waals surface area contributed by atoms with E-state index in [4.69, 9.17) is 0 Å². The van der Waals surface area contributed by atoms with Crippen molar-refractivity contribution in [1.82, 2.24) is 4.90 Å². The summed E-state index contributed by atoms with van der Waals surface area (Å²) in [5.41, 5.74) is -4.54. The number of carbonyl (C=O) groups is 1. The maximum atomic E-state index is 12.6. The Morgan fingerprint density at radius 2 is 1.41 bits per heavy atom. The van der Waals surface area contributed by atoms with Crippen molar-refractivity contribution in [3.63, 3.8) is 0 Å². The molecule has 0 saturated carbocycles. The molecule has 0 saturated heterocycles. The van der Waals surface area contributed by atoms with E-state index in [2.05, 4.69) is 4.74 Å². The van der Waals surface area contributed by atoms with Crippen LogP contribution in [0.2, 0.25) is 0 Å². The van der Waals surface area contributed by atoms with E-state index in [1.54, 1.807) is 0 Å². The van der Waals surface area contributed by atoms with Crippen LogP contribution in [0.3, 0.4) is 0 Å². The van der Waals surface area contributed by atoms with Gasteiger partial charge in [0.05, 0.1) is 6.04 Å². The van der Waals surface area contributed by atoms with Crippen LogP contribution in [0, 0.1) is 0 Å². The van der Waals surface area contributed by atoms with Gasteiger partial charge in [0.2, 0.25) is 0 Å². The third-order valence-electron chi connectivity index (χ3n) is 2.44. The molecule has 0 bridgehead atoms. The molecule has 0 amide bonds. The number of alkyl halides is 6. The second kappa shape index (κ2) is 4.71. The monoisotopic (exact) mass is 267 g/mol. The standard InChI is InChI=1S/C8H11F6NO2/c1-5(15(2)3)6(17-4-16,7(9,10)11)8(12,13)14/h4-5H,1-3H3. The zero-order chi connectivity index (χ0) is 14.1. The highest BCUT2D eigenvalue weighted by molar-refractivity contribution is 5.39. The molecule has 1 unspecified atom stereocenters. The van der Waals surface area contributed by atoms with Crippen LogP contribution in [0.5, 0.6) is 0 Å². The molecule has 0 radical (unpaired) electrons. The Hall–Kier alpha value is -0.990. The Labute approximate surface area is 93.3 Å². The van der Waals surface area contributed by atoms with Crippen molar-refractivity contribution >= 4 is 6.47 Å². The van der Waals surface area contributed by atoms with Gasteiger partial charge in [0, 0.05) is 0 Å². The van der Waals surface area contributed by atoms with E-state index in [9.17, 15) is 31.1 Å². The zero-order valence-electron chi connectivity index (χ0n) is 9.19. The Morgan fingerprint density at radius 3 is 1.59 bits per heavy atom. The van der Waals surface area contributed by atoms with Gasteiger partial charge in [0.1, 0.15) is 0 Å². The van der Waals surface area contributed by atoms with Gasteiger partial charge in [-0.05, 0) is 21.0 Å². The summed E-state index contributed by atoms with van der Waals surface area (Å²) >= 11 is 0. The lowest BCUT2D eigenvalue weighted by atomic mass is 9.92. The van der Waals surface area contributed by atoms with Crippen LogP contribution < -0.4 is 0 Å². The molecule has 0 aromatic heterocycles. The number of halogens is 6. The van der Waals surface area contributed by atoms with Gasteiger partial charge in [-0.2, -0.15) is 26.3 Å². The van der Waals surface area contributed by atoms with Gasteiger partial charge in [0.15, 0.2) is 0 Å². The van der Waals surface area contributed by atoms with Gasteiger partial charge in [0.25, 0.3) is 6.47 Å². The zero-order valence-corrected chi connectivity index (χ0v) is 9.19. The Morgan fingerprint density at radius 1 is 1.06 bits per heavy atom. The summed E-state index contributed by atoms with van der Waals surface area (Å²) in [5, 5.41) is 0. The summed E-state index contributed by atoms with van der Waals surface area (Å²) in [4.78, 5) is 10.7. The predicted molar refractivity (Wildman–Crippen MR) is 45.1 cm³/mol. The van der Waals surface area contributed by atoms with E-state index in [0.717, 1.165) is 14.1 Å². The molecule has 3 nitrogen and oxygen atoms in total. The van der Waals surface area contributed by atoms with Crippen molar-refractivity contribution in [2.45, 2.75) is 30.9 Å². The first kappa shape index (κ1) is 16.0. The fraction of sp³-hybridized carbons (Fsp3) is 0.875. The quantitative estimate of drug-likeness (QED) is 0.576. The van der Waals surface area contributed by atoms with Crippen molar-refractivity contribution in [3.8, 4) is 0 Å². The van der Waals surface area contributed by atoms with Crippen molar-refractivity contribution in [2.75, 3.05) is 14.1 Å². The Balaban J connectivity index is 5.84. The fourth-order valence-corrected chi connectivity index (χ4v) is 1.31.